The normalized spacial score (nSPS) is 34.8. The molecule has 1 N–H and O–H groups in total. The summed E-state index contributed by atoms with van der Waals surface area (Å²) in [5.41, 5.74) is -0.148. The van der Waals surface area contributed by atoms with Crippen molar-refractivity contribution < 1.29 is 9.59 Å². The third-order valence-electron chi connectivity index (χ3n) is 3.11. The van der Waals surface area contributed by atoms with Gasteiger partial charge >= 0.3 is 0 Å². The molecule has 1 saturated heterocycles. The first-order valence-corrected chi connectivity index (χ1v) is 5.03. The number of ketones is 1. The highest BCUT2D eigenvalue weighted by Crippen LogP contribution is 2.33. The second kappa shape index (κ2) is 3.13. The van der Waals surface area contributed by atoms with Crippen molar-refractivity contribution in [1.29, 1.82) is 0 Å². The Balaban J connectivity index is 2.09. The average Bonchev–Trinajstić information content (AvgIpc) is 2.02. The van der Waals surface area contributed by atoms with Crippen molar-refractivity contribution in [2.75, 3.05) is 0 Å². The third kappa shape index (κ3) is 1.74. The number of nitrogens with one attached hydrogen (secondary N) is 1. The first-order chi connectivity index (χ1) is 6.20. The number of carbonyl (C=O) groups excluding carboxylic acids is 2. The van der Waals surface area contributed by atoms with Crippen molar-refractivity contribution >= 4 is 11.7 Å². The molecule has 1 spiro atoms. The lowest BCUT2D eigenvalue weighted by Gasteiger charge is -2.40. The van der Waals surface area contributed by atoms with Crippen molar-refractivity contribution in [2.45, 2.75) is 50.5 Å². The summed E-state index contributed by atoms with van der Waals surface area (Å²) in [5.74, 6) is 0.439. The molecular formula is C10H15NO2. The Labute approximate surface area is 77.9 Å². The Morgan fingerprint density at radius 2 is 1.77 bits per heavy atom. The molecule has 1 heterocycles. The summed E-state index contributed by atoms with van der Waals surface area (Å²) in [6, 6.07) is 0. The van der Waals surface area contributed by atoms with Gasteiger partial charge in [-0.1, -0.05) is 0 Å². The molecule has 13 heavy (non-hydrogen) atoms. The van der Waals surface area contributed by atoms with Gasteiger partial charge in [-0.2, -0.15) is 0 Å². The molecule has 1 aliphatic carbocycles. The second-order valence-corrected chi connectivity index (χ2v) is 4.25. The molecular weight excluding hydrogens is 166 g/mol. The lowest BCUT2D eigenvalue weighted by molar-refractivity contribution is -0.128. The fourth-order valence-electron chi connectivity index (χ4n) is 2.51. The van der Waals surface area contributed by atoms with Crippen molar-refractivity contribution in [3.05, 3.63) is 0 Å². The molecule has 72 valence electrons. The number of Topliss-reactive ketones (excluding diaryl/α,β-unsaturated/α-hetero) is 1. The summed E-state index contributed by atoms with van der Waals surface area (Å²) in [6.07, 6.45) is 5.78. The lowest BCUT2D eigenvalue weighted by atomic mass is 9.76. The summed E-state index contributed by atoms with van der Waals surface area (Å²) in [7, 11) is 0. The van der Waals surface area contributed by atoms with Crippen LogP contribution in [0.3, 0.4) is 0 Å². The quantitative estimate of drug-likeness (QED) is 0.609. The summed E-state index contributed by atoms with van der Waals surface area (Å²) >= 11 is 0. The largest absolute Gasteiger partial charge is 0.350 e. The minimum atomic E-state index is -0.148. The molecule has 3 heteroatoms. The topological polar surface area (TPSA) is 46.2 Å². The van der Waals surface area contributed by atoms with E-state index in [9.17, 15) is 9.59 Å². The van der Waals surface area contributed by atoms with Crippen LogP contribution in [0.4, 0.5) is 0 Å². The minimum Gasteiger partial charge on any atom is -0.350 e. The molecule has 1 saturated carbocycles. The second-order valence-electron chi connectivity index (χ2n) is 4.25. The van der Waals surface area contributed by atoms with Gasteiger partial charge in [-0.3, -0.25) is 9.59 Å². The van der Waals surface area contributed by atoms with Gasteiger partial charge in [0.25, 0.3) is 0 Å². The Bertz CT molecular complexity index is 221. The molecule has 3 nitrogen and oxygen atoms in total. The van der Waals surface area contributed by atoms with Crippen molar-refractivity contribution in [3.8, 4) is 0 Å². The zero-order valence-electron chi connectivity index (χ0n) is 7.77. The van der Waals surface area contributed by atoms with Gasteiger partial charge < -0.3 is 5.32 Å². The Hall–Kier alpha value is -0.860. The maximum Gasteiger partial charge on any atom is 0.220 e. The highest BCUT2D eigenvalue weighted by molar-refractivity contribution is 5.83. The Morgan fingerprint density at radius 1 is 1.08 bits per heavy atom. The molecule has 0 unspecified atom stereocenters. The predicted molar refractivity (Wildman–Crippen MR) is 48.2 cm³/mol. The van der Waals surface area contributed by atoms with Crippen LogP contribution in [-0.4, -0.2) is 17.2 Å². The third-order valence-corrected chi connectivity index (χ3v) is 3.11. The van der Waals surface area contributed by atoms with Crippen LogP contribution in [0.15, 0.2) is 0 Å². The average molecular weight is 181 g/mol. The number of amides is 1. The van der Waals surface area contributed by atoms with Crippen molar-refractivity contribution in [2.24, 2.45) is 0 Å². The standard InChI is InChI=1S/C10H15NO2/c12-8-3-1-5-10(7-8)6-2-4-9(13)11-10/h1-7H2,(H,11,13)/t10-/m0/s1. The van der Waals surface area contributed by atoms with Gasteiger partial charge in [0.05, 0.1) is 0 Å². The number of carbonyl (C=O) groups is 2. The molecule has 1 amide bonds. The highest BCUT2D eigenvalue weighted by atomic mass is 16.2. The van der Waals surface area contributed by atoms with E-state index >= 15 is 0 Å². The summed E-state index contributed by atoms with van der Waals surface area (Å²) in [5, 5.41) is 3.00. The summed E-state index contributed by atoms with van der Waals surface area (Å²) < 4.78 is 0. The zero-order valence-corrected chi connectivity index (χ0v) is 7.77. The van der Waals surface area contributed by atoms with Gasteiger partial charge in [0.1, 0.15) is 5.78 Å². The molecule has 0 radical (unpaired) electrons. The number of piperidine rings is 1. The van der Waals surface area contributed by atoms with Gasteiger partial charge in [0.15, 0.2) is 0 Å². The van der Waals surface area contributed by atoms with Gasteiger partial charge in [-0.15, -0.1) is 0 Å². The molecule has 1 atom stereocenters. The van der Waals surface area contributed by atoms with E-state index in [1.165, 1.54) is 0 Å². The van der Waals surface area contributed by atoms with Gasteiger partial charge in [-0.25, -0.2) is 0 Å². The van der Waals surface area contributed by atoms with E-state index in [0.717, 1.165) is 25.7 Å². The van der Waals surface area contributed by atoms with Crippen molar-refractivity contribution in [3.63, 3.8) is 0 Å². The maximum atomic E-state index is 11.3. The molecule has 0 aromatic carbocycles. The Morgan fingerprint density at radius 3 is 2.38 bits per heavy atom. The number of hydrogen-bond acceptors (Lipinski definition) is 2. The van der Waals surface area contributed by atoms with E-state index in [2.05, 4.69) is 5.32 Å². The molecule has 2 fully saturated rings. The Kier molecular flexibility index (Phi) is 2.10. The van der Waals surface area contributed by atoms with Crippen LogP contribution in [0.5, 0.6) is 0 Å². The van der Waals surface area contributed by atoms with Gasteiger partial charge in [-0.05, 0) is 25.7 Å². The van der Waals surface area contributed by atoms with Crippen LogP contribution in [0.25, 0.3) is 0 Å². The smallest absolute Gasteiger partial charge is 0.220 e. The highest BCUT2D eigenvalue weighted by Gasteiger charge is 2.38. The first kappa shape index (κ1) is 8.73. The number of rotatable bonds is 0. The van der Waals surface area contributed by atoms with Crippen LogP contribution in [0.1, 0.15) is 44.9 Å². The minimum absolute atomic E-state index is 0.126. The maximum absolute atomic E-state index is 11.3. The van der Waals surface area contributed by atoms with Gasteiger partial charge in [0, 0.05) is 24.8 Å². The molecule has 0 aromatic heterocycles. The fraction of sp³-hybridized carbons (Fsp3) is 0.800. The molecule has 0 bridgehead atoms. The van der Waals surface area contributed by atoms with Crippen LogP contribution in [0.2, 0.25) is 0 Å². The molecule has 2 aliphatic rings. The SMILES string of the molecule is O=C1CCC[C@]2(CCCC(=O)N2)C1. The number of hydrogen-bond donors (Lipinski definition) is 1. The van der Waals surface area contributed by atoms with E-state index in [0.29, 0.717) is 25.0 Å². The van der Waals surface area contributed by atoms with E-state index in [1.54, 1.807) is 0 Å². The van der Waals surface area contributed by atoms with Crippen LogP contribution < -0.4 is 5.32 Å². The summed E-state index contributed by atoms with van der Waals surface area (Å²) in [4.78, 5) is 22.5. The van der Waals surface area contributed by atoms with Crippen LogP contribution in [0, 0.1) is 0 Å². The fourth-order valence-corrected chi connectivity index (χ4v) is 2.51. The van der Waals surface area contributed by atoms with Crippen LogP contribution >= 0.6 is 0 Å². The van der Waals surface area contributed by atoms with E-state index in [4.69, 9.17) is 0 Å². The zero-order chi connectivity index (χ0) is 9.31. The van der Waals surface area contributed by atoms with E-state index in [1.807, 2.05) is 0 Å². The molecule has 2 rings (SSSR count). The van der Waals surface area contributed by atoms with Gasteiger partial charge in [0.2, 0.25) is 5.91 Å². The first-order valence-electron chi connectivity index (χ1n) is 5.03. The van der Waals surface area contributed by atoms with Crippen LogP contribution in [-0.2, 0) is 9.59 Å². The summed E-state index contributed by atoms with van der Waals surface area (Å²) in [6.45, 7) is 0. The molecule has 0 aromatic rings. The van der Waals surface area contributed by atoms with E-state index < -0.39 is 0 Å². The van der Waals surface area contributed by atoms with Crippen molar-refractivity contribution in [1.82, 2.24) is 5.32 Å². The molecule has 1 aliphatic heterocycles. The predicted octanol–water partition coefficient (Wildman–Crippen LogP) is 1.17. The lowest BCUT2D eigenvalue weighted by Crippen LogP contribution is -2.54. The monoisotopic (exact) mass is 181 g/mol. The van der Waals surface area contributed by atoms with E-state index in [-0.39, 0.29) is 11.4 Å².